The van der Waals surface area contributed by atoms with Crippen molar-refractivity contribution in [1.29, 1.82) is 0 Å². The van der Waals surface area contributed by atoms with Gasteiger partial charge in [0.05, 0.1) is 61.9 Å². The van der Waals surface area contributed by atoms with Gasteiger partial charge in [-0.3, -0.25) is 23.9 Å². The summed E-state index contributed by atoms with van der Waals surface area (Å²) in [7, 11) is 1.76. The molecule has 3 N–H and O–H groups in total. The van der Waals surface area contributed by atoms with Crippen LogP contribution in [-0.4, -0.2) is 113 Å². The minimum absolute atomic E-state index is 0.00377. The first-order valence-corrected chi connectivity index (χ1v) is 27.2. The lowest BCUT2D eigenvalue weighted by molar-refractivity contribution is -0.139. The third-order valence-electron chi connectivity index (χ3n) is 14.2. The molecule has 1 saturated heterocycles. The molecule has 15 nitrogen and oxygen atoms in total. The number of aryl methyl sites for hydroxylation is 2. The van der Waals surface area contributed by atoms with Crippen molar-refractivity contribution in [3.8, 4) is 22.0 Å². The number of nitrogens with one attached hydrogen (secondary N) is 3. The molecular weight excluding hydrogens is 970 g/mol. The van der Waals surface area contributed by atoms with Crippen LogP contribution >= 0.6 is 34.3 Å². The first-order chi connectivity index (χ1) is 35.0. The number of carbonyl (C=O) groups is 3. The first kappa shape index (κ1) is 51.3. The smallest absolute Gasteiger partial charge is 0.246 e. The monoisotopic (exact) mass is 1030 g/mol. The number of likely N-dealkylation sites (tertiary alicyclic amines) is 1. The number of rotatable bonds is 20. The van der Waals surface area contributed by atoms with Gasteiger partial charge in [-0.1, -0.05) is 73.3 Å². The SMILES string of the molecule is CN[C@@H](C)C(=O)N[C@H](C(=O)N1CCCC1c1nc(-c2c(OCCOCCOCCNC(=O)C[C@@H]3N=C(c4ccc(Cl)cc4)c4c(sc(C)c4C)-n4c(C)nnc43)ccc3ccccc23)cs1)C1CCCCC1. The summed E-state index contributed by atoms with van der Waals surface area (Å²) < 4.78 is 20.2. The van der Waals surface area contributed by atoms with Gasteiger partial charge in [-0.25, -0.2) is 4.98 Å². The number of aromatic nitrogens is 4. The topological polar surface area (TPSA) is 174 Å². The maximum Gasteiger partial charge on any atom is 0.246 e. The number of ether oxygens (including phenoxy) is 3. The van der Waals surface area contributed by atoms with Gasteiger partial charge in [0.25, 0.3) is 0 Å². The van der Waals surface area contributed by atoms with Gasteiger partial charge < -0.3 is 35.1 Å². The van der Waals surface area contributed by atoms with Crippen LogP contribution in [-0.2, 0) is 23.9 Å². The van der Waals surface area contributed by atoms with E-state index in [0.717, 1.165) is 105 Å². The molecule has 380 valence electrons. The predicted octanol–water partition coefficient (Wildman–Crippen LogP) is 9.03. The average molecular weight is 1030 g/mol. The summed E-state index contributed by atoms with van der Waals surface area (Å²) in [5.74, 6) is 1.87. The number of nitrogens with zero attached hydrogens (tertiary/aromatic N) is 6. The van der Waals surface area contributed by atoms with Crippen molar-refractivity contribution >= 4 is 68.5 Å². The summed E-state index contributed by atoms with van der Waals surface area (Å²) in [6.45, 7) is 10.6. The first-order valence-electron chi connectivity index (χ1n) is 25.2. The van der Waals surface area contributed by atoms with Crippen LogP contribution in [0, 0.1) is 26.7 Å². The Kier molecular flexibility index (Phi) is 16.8. The van der Waals surface area contributed by atoms with E-state index in [1.165, 1.54) is 4.88 Å². The summed E-state index contributed by atoms with van der Waals surface area (Å²) in [5.41, 5.74) is 5.57. The van der Waals surface area contributed by atoms with Crippen LogP contribution in [0.5, 0.6) is 5.75 Å². The Balaban J connectivity index is 0.768. The highest BCUT2D eigenvalue weighted by atomic mass is 35.5. The van der Waals surface area contributed by atoms with E-state index in [-0.39, 0.29) is 36.1 Å². The van der Waals surface area contributed by atoms with E-state index >= 15 is 0 Å². The molecule has 18 heteroatoms. The minimum Gasteiger partial charge on any atom is -0.490 e. The number of carbonyl (C=O) groups excluding carboxylic acids is 3. The summed E-state index contributed by atoms with van der Waals surface area (Å²) in [5, 5.41) is 24.8. The molecule has 2 aliphatic heterocycles. The standard InChI is InChI=1S/C54H64ClN9O6S2/c1-32-34(3)72-54-46(32)48(38-17-20-39(55)21-18-38)58-41(50-62-61-35(4)64(50)54)30-45(65)57-23-25-68-26-27-69-28-29-70-44-22-19-36-12-9-10-15-40(36)47(44)42-31-71-52(59-42)43-16-11-24-63(43)53(67)49(37-13-7-6-8-14-37)60-51(66)33(2)56-5/h9-10,12,15,17-22,31,33,37,41,43,49,56H,6-8,11,13-14,16,23-30H2,1-5H3,(H,57,65)(H,60,66)/t33-,41-,43?,49-/m0/s1. The molecule has 6 aromatic rings. The number of amides is 3. The predicted molar refractivity (Wildman–Crippen MR) is 284 cm³/mol. The summed E-state index contributed by atoms with van der Waals surface area (Å²) in [6, 6.07) is 18.2. The van der Waals surface area contributed by atoms with Crippen LogP contribution in [0.3, 0.4) is 0 Å². The molecule has 1 aliphatic carbocycles. The number of halogens is 1. The average Bonchev–Trinajstić information content (AvgIpc) is 4.21. The summed E-state index contributed by atoms with van der Waals surface area (Å²) in [6.07, 6.45) is 6.96. The fourth-order valence-electron chi connectivity index (χ4n) is 10.1. The zero-order chi connectivity index (χ0) is 50.3. The van der Waals surface area contributed by atoms with Crippen molar-refractivity contribution < 1.29 is 28.6 Å². The van der Waals surface area contributed by atoms with E-state index in [1.54, 1.807) is 29.7 Å². The van der Waals surface area contributed by atoms with Crippen LogP contribution in [0.1, 0.15) is 109 Å². The molecule has 1 unspecified atom stereocenters. The zero-order valence-electron chi connectivity index (χ0n) is 41.7. The molecule has 3 aromatic carbocycles. The molecule has 0 spiro atoms. The van der Waals surface area contributed by atoms with Crippen molar-refractivity contribution in [3.05, 3.63) is 109 Å². The highest BCUT2D eigenvalue weighted by molar-refractivity contribution is 7.15. The van der Waals surface area contributed by atoms with Gasteiger partial charge in [-0.2, -0.15) is 0 Å². The second-order valence-electron chi connectivity index (χ2n) is 18.8. The second-order valence-corrected chi connectivity index (χ2v) is 21.4. The van der Waals surface area contributed by atoms with E-state index in [9.17, 15) is 14.4 Å². The number of benzene rings is 3. The molecule has 0 radical (unpaired) electrons. The largest absolute Gasteiger partial charge is 0.490 e. The number of thiophene rings is 1. The normalized spacial score (nSPS) is 17.8. The second kappa shape index (κ2) is 23.5. The number of likely N-dealkylation sites (N-methyl/N-ethyl adjacent to an activating group) is 1. The quantitative estimate of drug-likeness (QED) is 0.0627. The third kappa shape index (κ3) is 11.3. The van der Waals surface area contributed by atoms with Crippen molar-refractivity contribution in [2.45, 2.75) is 103 Å². The van der Waals surface area contributed by atoms with Crippen molar-refractivity contribution in [3.63, 3.8) is 0 Å². The van der Waals surface area contributed by atoms with E-state index in [2.05, 4.69) is 63.6 Å². The maximum atomic E-state index is 14.5. The summed E-state index contributed by atoms with van der Waals surface area (Å²) in [4.78, 5) is 54.6. The van der Waals surface area contributed by atoms with Gasteiger partial charge >= 0.3 is 0 Å². The van der Waals surface area contributed by atoms with Crippen LogP contribution in [0.15, 0.2) is 71.0 Å². The van der Waals surface area contributed by atoms with Gasteiger partial charge in [-0.05, 0) is 101 Å². The maximum absolute atomic E-state index is 14.5. The fourth-order valence-corrected chi connectivity index (χ4v) is 12.4. The fraction of sp³-hybridized carbons (Fsp3) is 0.463. The highest BCUT2D eigenvalue weighted by Crippen LogP contribution is 2.43. The van der Waals surface area contributed by atoms with Crippen LogP contribution < -0.4 is 20.7 Å². The van der Waals surface area contributed by atoms with Gasteiger partial charge in [0.2, 0.25) is 17.7 Å². The minimum atomic E-state index is -0.559. The number of aliphatic imine (C=N–C) groups is 1. The van der Waals surface area contributed by atoms with Gasteiger partial charge in [0.15, 0.2) is 5.82 Å². The zero-order valence-corrected chi connectivity index (χ0v) is 44.1. The Bertz CT molecular complexity index is 2910. The van der Waals surface area contributed by atoms with Crippen LogP contribution in [0.4, 0.5) is 0 Å². The summed E-state index contributed by atoms with van der Waals surface area (Å²) >= 11 is 9.50. The highest BCUT2D eigenvalue weighted by Gasteiger charge is 2.40. The van der Waals surface area contributed by atoms with Gasteiger partial charge in [-0.15, -0.1) is 32.9 Å². The molecule has 72 heavy (non-hydrogen) atoms. The Hall–Kier alpha value is -5.56. The van der Waals surface area contributed by atoms with Crippen LogP contribution in [0.2, 0.25) is 5.02 Å². The van der Waals surface area contributed by atoms with Crippen molar-refractivity contribution in [2.24, 2.45) is 10.9 Å². The Morgan fingerprint density at radius 1 is 0.875 bits per heavy atom. The molecule has 1 saturated carbocycles. The van der Waals surface area contributed by atoms with Gasteiger partial charge in [0, 0.05) is 39.5 Å². The molecule has 9 rings (SSSR count). The number of hydrogen-bond acceptors (Lipinski definition) is 13. The van der Waals surface area contributed by atoms with Crippen molar-refractivity contribution in [1.82, 2.24) is 40.6 Å². The third-order valence-corrected chi connectivity index (χ3v) is 16.6. The van der Waals surface area contributed by atoms with Gasteiger partial charge in [0.1, 0.15) is 40.3 Å². The Labute approximate surface area is 434 Å². The lowest BCUT2D eigenvalue weighted by atomic mass is 9.83. The lowest BCUT2D eigenvalue weighted by Crippen LogP contribution is -2.55. The molecule has 3 aliphatic rings. The number of thiazole rings is 1. The Morgan fingerprint density at radius 2 is 1.64 bits per heavy atom. The molecule has 5 heterocycles. The van der Waals surface area contributed by atoms with E-state index in [4.69, 9.17) is 35.8 Å². The molecule has 2 fully saturated rings. The lowest BCUT2D eigenvalue weighted by Gasteiger charge is -2.35. The Morgan fingerprint density at radius 3 is 2.43 bits per heavy atom. The number of hydrogen-bond donors (Lipinski definition) is 3. The molecular formula is C54H64ClN9O6S2. The molecule has 3 amide bonds. The molecule has 3 aromatic heterocycles. The van der Waals surface area contributed by atoms with E-state index < -0.39 is 18.1 Å². The van der Waals surface area contributed by atoms with Crippen LogP contribution in [0.25, 0.3) is 27.0 Å². The molecule has 0 bridgehead atoms. The number of fused-ring (bicyclic) bond motifs is 4. The van der Waals surface area contributed by atoms with E-state index in [1.807, 2.05) is 65.8 Å². The van der Waals surface area contributed by atoms with E-state index in [0.29, 0.717) is 62.7 Å². The molecule has 4 atom stereocenters. The van der Waals surface area contributed by atoms with Crippen molar-refractivity contribution in [2.75, 3.05) is 53.2 Å².